The first-order valence-corrected chi connectivity index (χ1v) is 8.45. The summed E-state index contributed by atoms with van der Waals surface area (Å²) in [6, 6.07) is 15.7. The van der Waals surface area contributed by atoms with Gasteiger partial charge >= 0.3 is 5.97 Å². The van der Waals surface area contributed by atoms with E-state index in [1.165, 1.54) is 42.0 Å². The smallest absolute Gasteiger partial charge is 0.337 e. The fraction of sp³-hybridized carbons (Fsp3) is 0.0952. The number of rotatable bonds is 5. The number of nitrogens with zero attached hydrogens (tertiary/aromatic N) is 1. The summed E-state index contributed by atoms with van der Waals surface area (Å²) < 4.78 is 6.07. The molecule has 0 fully saturated rings. The zero-order valence-electron chi connectivity index (χ0n) is 15.1. The Bertz CT molecular complexity index is 1050. The van der Waals surface area contributed by atoms with Crippen molar-refractivity contribution in [1.29, 1.82) is 0 Å². The van der Waals surface area contributed by atoms with E-state index >= 15 is 0 Å². The molecule has 0 aliphatic heterocycles. The number of esters is 1. The molecule has 2 aromatic carbocycles. The summed E-state index contributed by atoms with van der Waals surface area (Å²) in [5.41, 5.74) is 1.25. The van der Waals surface area contributed by atoms with E-state index in [0.29, 0.717) is 11.3 Å². The predicted molar refractivity (Wildman–Crippen MR) is 104 cm³/mol. The molecule has 7 heteroatoms. The minimum absolute atomic E-state index is 0.00163. The van der Waals surface area contributed by atoms with Gasteiger partial charge in [0.15, 0.2) is 0 Å². The molecule has 1 heterocycles. The van der Waals surface area contributed by atoms with Gasteiger partial charge in [-0.2, -0.15) is 0 Å². The van der Waals surface area contributed by atoms with Gasteiger partial charge in [0.2, 0.25) is 0 Å². The highest BCUT2D eigenvalue weighted by atomic mass is 16.5. The summed E-state index contributed by atoms with van der Waals surface area (Å²) in [6.45, 7) is 0.251. The molecule has 0 aliphatic rings. The van der Waals surface area contributed by atoms with Gasteiger partial charge in [-0.05, 0) is 54.1 Å². The van der Waals surface area contributed by atoms with Crippen LogP contribution in [0.2, 0.25) is 0 Å². The number of phenolic OH excluding ortho intramolecular Hbond substituents is 1. The van der Waals surface area contributed by atoms with Crippen LogP contribution in [0.4, 0.5) is 5.69 Å². The first-order chi connectivity index (χ1) is 13.5. The molecule has 0 bridgehead atoms. The number of pyridine rings is 1. The van der Waals surface area contributed by atoms with Crippen molar-refractivity contribution in [3.05, 3.63) is 93.9 Å². The third-order valence-electron chi connectivity index (χ3n) is 4.12. The SMILES string of the molecule is COC(=O)c1ccc(Cn2cccc(C(=O)Nc3ccc(O)cc3)c2=O)cc1. The average molecular weight is 378 g/mol. The number of benzene rings is 2. The molecule has 0 spiro atoms. The van der Waals surface area contributed by atoms with Gasteiger partial charge in [-0.25, -0.2) is 4.79 Å². The number of carbonyl (C=O) groups is 2. The number of phenols is 1. The maximum Gasteiger partial charge on any atom is 0.337 e. The van der Waals surface area contributed by atoms with Crippen molar-refractivity contribution in [2.24, 2.45) is 0 Å². The fourth-order valence-corrected chi connectivity index (χ4v) is 2.64. The van der Waals surface area contributed by atoms with Crippen molar-refractivity contribution in [2.45, 2.75) is 6.54 Å². The molecule has 0 saturated carbocycles. The van der Waals surface area contributed by atoms with Crippen LogP contribution in [0, 0.1) is 0 Å². The van der Waals surface area contributed by atoms with Gasteiger partial charge in [-0.3, -0.25) is 9.59 Å². The molecule has 2 N–H and O–H groups in total. The molecule has 0 aliphatic carbocycles. The van der Waals surface area contributed by atoms with E-state index in [-0.39, 0.29) is 17.9 Å². The van der Waals surface area contributed by atoms with Crippen LogP contribution in [-0.4, -0.2) is 28.7 Å². The molecule has 3 aromatic rings. The number of amides is 1. The number of nitrogens with one attached hydrogen (secondary N) is 1. The molecule has 0 unspecified atom stereocenters. The van der Waals surface area contributed by atoms with Gasteiger partial charge < -0.3 is 19.7 Å². The van der Waals surface area contributed by atoms with Crippen molar-refractivity contribution in [3.63, 3.8) is 0 Å². The largest absolute Gasteiger partial charge is 0.508 e. The number of ether oxygens (including phenoxy) is 1. The Labute approximate surface area is 160 Å². The molecule has 3 rings (SSSR count). The Morgan fingerprint density at radius 1 is 1.04 bits per heavy atom. The van der Waals surface area contributed by atoms with Gasteiger partial charge in [0.05, 0.1) is 19.2 Å². The van der Waals surface area contributed by atoms with E-state index in [0.717, 1.165) is 5.56 Å². The summed E-state index contributed by atoms with van der Waals surface area (Å²) in [7, 11) is 1.31. The predicted octanol–water partition coefficient (Wildman–Crippen LogP) is 2.64. The van der Waals surface area contributed by atoms with E-state index in [1.807, 2.05) is 0 Å². The van der Waals surface area contributed by atoms with Crippen molar-refractivity contribution in [2.75, 3.05) is 12.4 Å². The minimum Gasteiger partial charge on any atom is -0.508 e. The molecule has 7 nitrogen and oxygen atoms in total. The first-order valence-electron chi connectivity index (χ1n) is 8.45. The summed E-state index contributed by atoms with van der Waals surface area (Å²) in [4.78, 5) is 36.6. The van der Waals surface area contributed by atoms with Crippen LogP contribution in [0.25, 0.3) is 0 Å². The summed E-state index contributed by atoms with van der Waals surface area (Å²) in [6.07, 6.45) is 1.59. The van der Waals surface area contributed by atoms with E-state index in [4.69, 9.17) is 0 Å². The number of aromatic nitrogens is 1. The Hall–Kier alpha value is -3.87. The molecular weight excluding hydrogens is 360 g/mol. The maximum absolute atomic E-state index is 12.7. The lowest BCUT2D eigenvalue weighted by Gasteiger charge is -2.09. The van der Waals surface area contributed by atoms with Crippen molar-refractivity contribution >= 4 is 17.6 Å². The van der Waals surface area contributed by atoms with Gasteiger partial charge in [0, 0.05) is 11.9 Å². The lowest BCUT2D eigenvalue weighted by molar-refractivity contribution is 0.0600. The molecule has 1 aromatic heterocycles. The molecule has 1 amide bonds. The third-order valence-corrected chi connectivity index (χ3v) is 4.12. The van der Waals surface area contributed by atoms with Crippen LogP contribution in [-0.2, 0) is 11.3 Å². The second-order valence-electron chi connectivity index (χ2n) is 6.04. The third kappa shape index (κ3) is 4.27. The summed E-state index contributed by atoms with van der Waals surface area (Å²) >= 11 is 0. The molecule has 142 valence electrons. The number of methoxy groups -OCH3 is 1. The number of aromatic hydroxyl groups is 1. The monoisotopic (exact) mass is 378 g/mol. The fourth-order valence-electron chi connectivity index (χ4n) is 2.64. The van der Waals surface area contributed by atoms with Crippen LogP contribution in [0.15, 0.2) is 71.7 Å². The molecule has 0 saturated heterocycles. The van der Waals surface area contributed by atoms with Gasteiger partial charge in [-0.15, -0.1) is 0 Å². The van der Waals surface area contributed by atoms with Crippen LogP contribution in [0.5, 0.6) is 5.75 Å². The Morgan fingerprint density at radius 2 is 1.71 bits per heavy atom. The van der Waals surface area contributed by atoms with Crippen LogP contribution >= 0.6 is 0 Å². The quantitative estimate of drug-likeness (QED) is 0.525. The number of carbonyl (C=O) groups excluding carboxylic acids is 2. The lowest BCUT2D eigenvalue weighted by atomic mass is 10.1. The molecule has 0 atom stereocenters. The summed E-state index contributed by atoms with van der Waals surface area (Å²) in [5.74, 6) is -0.888. The average Bonchev–Trinajstić information content (AvgIpc) is 2.71. The van der Waals surface area contributed by atoms with Crippen LogP contribution in [0.3, 0.4) is 0 Å². The van der Waals surface area contributed by atoms with E-state index in [2.05, 4.69) is 10.1 Å². The van der Waals surface area contributed by atoms with Crippen molar-refractivity contribution < 1.29 is 19.4 Å². The van der Waals surface area contributed by atoms with Crippen molar-refractivity contribution in [3.8, 4) is 5.75 Å². The van der Waals surface area contributed by atoms with Crippen LogP contribution in [0.1, 0.15) is 26.3 Å². The second kappa shape index (κ2) is 8.22. The second-order valence-corrected chi connectivity index (χ2v) is 6.04. The Balaban J connectivity index is 1.79. The highest BCUT2D eigenvalue weighted by Gasteiger charge is 2.13. The topological polar surface area (TPSA) is 97.6 Å². The maximum atomic E-state index is 12.7. The van der Waals surface area contributed by atoms with E-state index < -0.39 is 17.4 Å². The first kappa shape index (κ1) is 18.9. The number of hydrogen-bond acceptors (Lipinski definition) is 5. The van der Waals surface area contributed by atoms with E-state index in [1.54, 1.807) is 36.5 Å². The van der Waals surface area contributed by atoms with Gasteiger partial charge in [0.25, 0.3) is 11.5 Å². The minimum atomic E-state index is -0.536. The zero-order valence-corrected chi connectivity index (χ0v) is 15.1. The zero-order chi connectivity index (χ0) is 20.1. The Morgan fingerprint density at radius 3 is 2.36 bits per heavy atom. The Kier molecular flexibility index (Phi) is 5.55. The highest BCUT2D eigenvalue weighted by molar-refractivity contribution is 6.04. The van der Waals surface area contributed by atoms with Gasteiger partial charge in [0.1, 0.15) is 11.3 Å². The van der Waals surface area contributed by atoms with E-state index in [9.17, 15) is 19.5 Å². The summed E-state index contributed by atoms with van der Waals surface area (Å²) in [5, 5.41) is 11.9. The normalized spacial score (nSPS) is 10.3. The number of hydrogen-bond donors (Lipinski definition) is 2. The van der Waals surface area contributed by atoms with Gasteiger partial charge in [-0.1, -0.05) is 12.1 Å². The highest BCUT2D eigenvalue weighted by Crippen LogP contribution is 2.14. The molecule has 0 radical (unpaired) electrons. The standard InChI is InChI=1S/C21H18N2O5/c1-28-21(27)15-6-4-14(5-7-15)13-23-12-2-3-18(20(23)26)19(25)22-16-8-10-17(24)11-9-16/h2-12,24H,13H2,1H3,(H,22,25). The lowest BCUT2D eigenvalue weighted by Crippen LogP contribution is -2.29. The van der Waals surface area contributed by atoms with Crippen molar-refractivity contribution in [1.82, 2.24) is 4.57 Å². The van der Waals surface area contributed by atoms with Crippen LogP contribution < -0.4 is 10.9 Å². The molecular formula is C21H18N2O5. The number of anilines is 1. The molecule has 28 heavy (non-hydrogen) atoms.